The molecule has 0 aliphatic rings. The van der Waals surface area contributed by atoms with Crippen molar-refractivity contribution in [1.82, 2.24) is 9.97 Å². The fourth-order valence-electron chi connectivity index (χ4n) is 1.99. The predicted octanol–water partition coefficient (Wildman–Crippen LogP) is 4.37. The molecular weight excluding hydrogens is 208 g/mol. The maximum Gasteiger partial charge on any atom is 0.137 e. The summed E-state index contributed by atoms with van der Waals surface area (Å²) < 4.78 is 0. The molecule has 0 fully saturated rings. The summed E-state index contributed by atoms with van der Waals surface area (Å²) in [6.07, 6.45) is 5.74. The lowest BCUT2D eigenvalue weighted by Gasteiger charge is -2.07. The zero-order valence-electron chi connectivity index (χ0n) is 10.6. The molecular formula is C15H20N2. The van der Waals surface area contributed by atoms with Gasteiger partial charge in [0.15, 0.2) is 0 Å². The molecule has 2 heteroatoms. The fraction of sp³-hybridized carbons (Fsp3) is 0.400. The Morgan fingerprint density at radius 2 is 2.00 bits per heavy atom. The SMILES string of the molecule is CCCCC(C)c1cnc(-c2ccccc2)[nH]1. The van der Waals surface area contributed by atoms with Crippen LogP contribution in [0.3, 0.4) is 0 Å². The lowest BCUT2D eigenvalue weighted by Crippen LogP contribution is -1.93. The highest BCUT2D eigenvalue weighted by molar-refractivity contribution is 5.54. The topological polar surface area (TPSA) is 28.7 Å². The number of rotatable bonds is 5. The standard InChI is InChI=1S/C15H20N2/c1-3-4-8-12(2)14-11-16-15(17-14)13-9-6-5-7-10-13/h5-7,9-12H,3-4,8H2,1-2H3,(H,16,17). The Bertz CT molecular complexity index is 445. The van der Waals surface area contributed by atoms with E-state index in [2.05, 4.69) is 35.9 Å². The molecule has 2 rings (SSSR count). The molecule has 1 aromatic carbocycles. The minimum Gasteiger partial charge on any atom is -0.342 e. The normalized spacial score (nSPS) is 12.6. The Labute approximate surface area is 103 Å². The van der Waals surface area contributed by atoms with Crippen LogP contribution in [-0.2, 0) is 0 Å². The minimum atomic E-state index is 0.569. The third kappa shape index (κ3) is 2.96. The van der Waals surface area contributed by atoms with E-state index in [0.717, 1.165) is 11.4 Å². The zero-order chi connectivity index (χ0) is 12.1. The summed E-state index contributed by atoms with van der Waals surface area (Å²) >= 11 is 0. The maximum atomic E-state index is 4.46. The van der Waals surface area contributed by atoms with E-state index in [-0.39, 0.29) is 0 Å². The van der Waals surface area contributed by atoms with Crippen molar-refractivity contribution in [3.05, 3.63) is 42.2 Å². The molecule has 2 aromatic rings. The summed E-state index contributed by atoms with van der Waals surface area (Å²) in [6.45, 7) is 4.49. The Morgan fingerprint density at radius 1 is 1.24 bits per heavy atom. The van der Waals surface area contributed by atoms with Crippen LogP contribution in [0.15, 0.2) is 36.5 Å². The van der Waals surface area contributed by atoms with E-state index in [1.54, 1.807) is 0 Å². The average Bonchev–Trinajstić information content (AvgIpc) is 2.86. The van der Waals surface area contributed by atoms with Crippen molar-refractivity contribution in [1.29, 1.82) is 0 Å². The molecule has 0 spiro atoms. The number of H-pyrrole nitrogens is 1. The highest BCUT2D eigenvalue weighted by Gasteiger charge is 2.09. The molecule has 90 valence electrons. The Morgan fingerprint density at radius 3 is 2.71 bits per heavy atom. The molecule has 1 aromatic heterocycles. The van der Waals surface area contributed by atoms with Gasteiger partial charge in [-0.3, -0.25) is 0 Å². The highest BCUT2D eigenvalue weighted by atomic mass is 14.9. The predicted molar refractivity (Wildman–Crippen MR) is 72.0 cm³/mol. The number of benzene rings is 1. The molecule has 0 saturated heterocycles. The van der Waals surface area contributed by atoms with Gasteiger partial charge in [0.05, 0.1) is 0 Å². The van der Waals surface area contributed by atoms with Gasteiger partial charge in [0.25, 0.3) is 0 Å². The number of aromatic nitrogens is 2. The summed E-state index contributed by atoms with van der Waals surface area (Å²) in [6, 6.07) is 10.3. The van der Waals surface area contributed by atoms with Crippen LogP contribution in [0.5, 0.6) is 0 Å². The Kier molecular flexibility index (Phi) is 3.97. The van der Waals surface area contributed by atoms with Crippen LogP contribution in [0.4, 0.5) is 0 Å². The minimum absolute atomic E-state index is 0.569. The van der Waals surface area contributed by atoms with Gasteiger partial charge in [-0.05, 0) is 12.3 Å². The van der Waals surface area contributed by atoms with E-state index in [1.165, 1.54) is 25.0 Å². The smallest absolute Gasteiger partial charge is 0.137 e. The molecule has 17 heavy (non-hydrogen) atoms. The first-order valence-electron chi connectivity index (χ1n) is 6.41. The Hall–Kier alpha value is -1.57. The van der Waals surface area contributed by atoms with E-state index < -0.39 is 0 Å². The number of imidazole rings is 1. The lowest BCUT2D eigenvalue weighted by atomic mass is 10.0. The van der Waals surface area contributed by atoms with Gasteiger partial charge in [-0.1, -0.05) is 57.0 Å². The third-order valence-electron chi connectivity index (χ3n) is 3.16. The second-order valence-electron chi connectivity index (χ2n) is 4.60. The van der Waals surface area contributed by atoms with Gasteiger partial charge in [-0.15, -0.1) is 0 Å². The zero-order valence-corrected chi connectivity index (χ0v) is 10.6. The molecule has 2 nitrogen and oxygen atoms in total. The van der Waals surface area contributed by atoms with Crippen LogP contribution in [-0.4, -0.2) is 9.97 Å². The second-order valence-corrected chi connectivity index (χ2v) is 4.60. The molecule has 1 unspecified atom stereocenters. The number of nitrogens with zero attached hydrogens (tertiary/aromatic N) is 1. The second kappa shape index (κ2) is 5.67. The molecule has 0 saturated carbocycles. The van der Waals surface area contributed by atoms with Crippen LogP contribution in [0.1, 0.15) is 44.7 Å². The number of unbranched alkanes of at least 4 members (excludes halogenated alkanes) is 1. The summed E-state index contributed by atoms with van der Waals surface area (Å²) in [5, 5.41) is 0. The number of aromatic amines is 1. The van der Waals surface area contributed by atoms with E-state index in [9.17, 15) is 0 Å². The molecule has 0 amide bonds. The van der Waals surface area contributed by atoms with Gasteiger partial charge in [0, 0.05) is 17.5 Å². The van der Waals surface area contributed by atoms with E-state index in [0.29, 0.717) is 5.92 Å². The third-order valence-corrected chi connectivity index (χ3v) is 3.16. The van der Waals surface area contributed by atoms with Crippen molar-refractivity contribution in [2.75, 3.05) is 0 Å². The van der Waals surface area contributed by atoms with Crippen LogP contribution < -0.4 is 0 Å². The van der Waals surface area contributed by atoms with E-state index in [4.69, 9.17) is 0 Å². The van der Waals surface area contributed by atoms with Crippen molar-refractivity contribution in [2.45, 2.75) is 39.0 Å². The van der Waals surface area contributed by atoms with Crippen LogP contribution in [0.25, 0.3) is 11.4 Å². The number of hydrogen-bond donors (Lipinski definition) is 1. The highest BCUT2D eigenvalue weighted by Crippen LogP contribution is 2.22. The van der Waals surface area contributed by atoms with Crippen molar-refractivity contribution in [2.24, 2.45) is 0 Å². The molecule has 0 bridgehead atoms. The van der Waals surface area contributed by atoms with Crippen LogP contribution in [0.2, 0.25) is 0 Å². The average molecular weight is 228 g/mol. The van der Waals surface area contributed by atoms with E-state index in [1.807, 2.05) is 24.4 Å². The molecule has 1 heterocycles. The van der Waals surface area contributed by atoms with Crippen molar-refractivity contribution in [3.63, 3.8) is 0 Å². The first-order valence-corrected chi connectivity index (χ1v) is 6.41. The van der Waals surface area contributed by atoms with Crippen LogP contribution >= 0.6 is 0 Å². The molecule has 0 aliphatic heterocycles. The summed E-state index contributed by atoms with van der Waals surface area (Å²) in [4.78, 5) is 7.89. The summed E-state index contributed by atoms with van der Waals surface area (Å²) in [7, 11) is 0. The van der Waals surface area contributed by atoms with Gasteiger partial charge < -0.3 is 4.98 Å². The summed E-state index contributed by atoms with van der Waals surface area (Å²) in [5.41, 5.74) is 2.40. The van der Waals surface area contributed by atoms with Crippen molar-refractivity contribution in [3.8, 4) is 11.4 Å². The van der Waals surface area contributed by atoms with Gasteiger partial charge in [-0.25, -0.2) is 4.98 Å². The van der Waals surface area contributed by atoms with Gasteiger partial charge in [0.1, 0.15) is 5.82 Å². The monoisotopic (exact) mass is 228 g/mol. The van der Waals surface area contributed by atoms with E-state index >= 15 is 0 Å². The van der Waals surface area contributed by atoms with Gasteiger partial charge in [-0.2, -0.15) is 0 Å². The molecule has 0 aliphatic carbocycles. The first-order chi connectivity index (χ1) is 8.31. The lowest BCUT2D eigenvalue weighted by molar-refractivity contribution is 0.614. The number of nitrogens with one attached hydrogen (secondary N) is 1. The van der Waals surface area contributed by atoms with Gasteiger partial charge >= 0.3 is 0 Å². The first kappa shape index (κ1) is 11.9. The van der Waals surface area contributed by atoms with Gasteiger partial charge in [0.2, 0.25) is 0 Å². The quantitative estimate of drug-likeness (QED) is 0.808. The fourth-order valence-corrected chi connectivity index (χ4v) is 1.99. The molecule has 1 atom stereocenters. The maximum absolute atomic E-state index is 4.46. The van der Waals surface area contributed by atoms with Crippen molar-refractivity contribution < 1.29 is 0 Å². The van der Waals surface area contributed by atoms with Crippen LogP contribution in [0, 0.1) is 0 Å². The molecule has 0 radical (unpaired) electrons. The molecule has 1 N–H and O–H groups in total. The van der Waals surface area contributed by atoms with Crippen molar-refractivity contribution >= 4 is 0 Å². The number of hydrogen-bond acceptors (Lipinski definition) is 1. The summed E-state index contributed by atoms with van der Waals surface area (Å²) in [5.74, 6) is 1.55. The largest absolute Gasteiger partial charge is 0.342 e. The Balaban J connectivity index is 2.11.